The van der Waals surface area contributed by atoms with E-state index >= 15 is 0 Å². The monoisotopic (exact) mass is 312 g/mol. The van der Waals surface area contributed by atoms with E-state index in [-0.39, 0.29) is 5.82 Å². The highest BCUT2D eigenvalue weighted by Gasteiger charge is 2.08. The Kier molecular flexibility index (Phi) is 4.90. The predicted octanol–water partition coefficient (Wildman–Crippen LogP) is 5.41. The highest BCUT2D eigenvalue weighted by atomic mass is 35.5. The molecule has 20 heavy (non-hydrogen) atoms. The molecule has 0 bridgehead atoms. The van der Waals surface area contributed by atoms with Gasteiger partial charge in [0.15, 0.2) is 0 Å². The zero-order chi connectivity index (χ0) is 14.7. The minimum atomic E-state index is -0.349. The van der Waals surface area contributed by atoms with Crippen molar-refractivity contribution in [1.29, 1.82) is 0 Å². The van der Waals surface area contributed by atoms with Gasteiger partial charge in [0.2, 0.25) is 0 Å². The van der Waals surface area contributed by atoms with Crippen LogP contribution in [0.15, 0.2) is 30.3 Å². The second-order valence-corrected chi connectivity index (χ2v) is 5.39. The maximum absolute atomic E-state index is 13.0. The van der Waals surface area contributed by atoms with E-state index in [4.69, 9.17) is 27.9 Å². The van der Waals surface area contributed by atoms with Crippen LogP contribution in [0, 0.1) is 19.7 Å². The van der Waals surface area contributed by atoms with Crippen LogP contribution in [0.2, 0.25) is 5.02 Å². The largest absolute Gasteiger partial charge is 0.488 e. The summed E-state index contributed by atoms with van der Waals surface area (Å²) in [6.07, 6.45) is 0. The average molecular weight is 313 g/mol. The van der Waals surface area contributed by atoms with Crippen LogP contribution in [0.25, 0.3) is 0 Å². The van der Waals surface area contributed by atoms with Gasteiger partial charge in [0.1, 0.15) is 18.2 Å². The predicted molar refractivity (Wildman–Crippen MR) is 81.2 cm³/mol. The number of rotatable bonds is 4. The van der Waals surface area contributed by atoms with Gasteiger partial charge in [-0.25, -0.2) is 4.39 Å². The van der Waals surface area contributed by atoms with Crippen LogP contribution in [-0.4, -0.2) is 0 Å². The number of benzene rings is 2. The second-order valence-electron chi connectivity index (χ2n) is 4.72. The molecule has 0 aliphatic rings. The molecular weight excluding hydrogens is 298 g/mol. The second kappa shape index (κ2) is 6.47. The smallest absolute Gasteiger partial charge is 0.125 e. The molecule has 0 radical (unpaired) electrons. The molecule has 1 nitrogen and oxygen atoms in total. The fraction of sp³-hybridized carbons (Fsp3) is 0.250. The minimum absolute atomic E-state index is 0.307. The van der Waals surface area contributed by atoms with E-state index in [1.807, 2.05) is 26.0 Å². The molecule has 0 fully saturated rings. The Labute approximate surface area is 128 Å². The van der Waals surface area contributed by atoms with Gasteiger partial charge < -0.3 is 4.74 Å². The van der Waals surface area contributed by atoms with Crippen molar-refractivity contribution in [2.75, 3.05) is 0 Å². The summed E-state index contributed by atoms with van der Waals surface area (Å²) in [5.41, 5.74) is 3.87. The summed E-state index contributed by atoms with van der Waals surface area (Å²) in [6.45, 7) is 4.26. The fourth-order valence-electron chi connectivity index (χ4n) is 2.13. The molecule has 0 aliphatic carbocycles. The first-order valence-electron chi connectivity index (χ1n) is 6.24. The molecule has 0 heterocycles. The van der Waals surface area contributed by atoms with Crippen LogP contribution in [0.5, 0.6) is 5.75 Å². The molecule has 0 N–H and O–H groups in total. The Bertz CT molecular complexity index is 603. The van der Waals surface area contributed by atoms with Gasteiger partial charge in [-0.15, -0.1) is 11.6 Å². The standard InChI is InChI=1S/C16H15Cl2FO/c1-10-5-12(8-17)6-11(2)16(10)20-9-13-3-4-14(19)7-15(13)18/h3-7H,8-9H2,1-2H3. The molecular formula is C16H15Cl2FO. The normalized spacial score (nSPS) is 10.7. The van der Waals surface area contributed by atoms with E-state index in [1.165, 1.54) is 12.1 Å². The first kappa shape index (κ1) is 15.1. The average Bonchev–Trinajstić information content (AvgIpc) is 2.39. The summed E-state index contributed by atoms with van der Waals surface area (Å²) in [4.78, 5) is 0. The molecule has 0 spiro atoms. The van der Waals surface area contributed by atoms with Gasteiger partial charge in [0, 0.05) is 11.4 Å². The molecule has 0 aliphatic heterocycles. The summed E-state index contributed by atoms with van der Waals surface area (Å²) >= 11 is 11.8. The lowest BCUT2D eigenvalue weighted by Gasteiger charge is -2.14. The quantitative estimate of drug-likeness (QED) is 0.685. The Morgan fingerprint density at radius 2 is 1.75 bits per heavy atom. The number of aryl methyl sites for hydroxylation is 2. The van der Waals surface area contributed by atoms with Gasteiger partial charge >= 0.3 is 0 Å². The van der Waals surface area contributed by atoms with Crippen LogP contribution >= 0.6 is 23.2 Å². The lowest BCUT2D eigenvalue weighted by molar-refractivity contribution is 0.302. The van der Waals surface area contributed by atoms with E-state index in [0.717, 1.165) is 28.0 Å². The Balaban J connectivity index is 2.19. The number of hydrogen-bond donors (Lipinski definition) is 0. The molecule has 106 valence electrons. The lowest BCUT2D eigenvalue weighted by atomic mass is 10.1. The fourth-order valence-corrected chi connectivity index (χ4v) is 2.51. The van der Waals surface area contributed by atoms with Crippen molar-refractivity contribution in [2.24, 2.45) is 0 Å². The molecule has 0 saturated heterocycles. The van der Waals surface area contributed by atoms with E-state index in [9.17, 15) is 4.39 Å². The van der Waals surface area contributed by atoms with Crippen molar-refractivity contribution in [3.05, 3.63) is 63.4 Å². The molecule has 0 aromatic heterocycles. The van der Waals surface area contributed by atoms with Crippen LogP contribution < -0.4 is 4.74 Å². The third kappa shape index (κ3) is 3.44. The topological polar surface area (TPSA) is 9.23 Å². The van der Waals surface area contributed by atoms with Crippen LogP contribution in [0.1, 0.15) is 22.3 Å². The van der Waals surface area contributed by atoms with Crippen LogP contribution in [0.4, 0.5) is 4.39 Å². The number of halogens is 3. The molecule has 0 amide bonds. The molecule has 2 rings (SSSR count). The lowest BCUT2D eigenvalue weighted by Crippen LogP contribution is -2.00. The Morgan fingerprint density at radius 1 is 1.10 bits per heavy atom. The highest BCUT2D eigenvalue weighted by molar-refractivity contribution is 6.31. The van der Waals surface area contributed by atoms with E-state index < -0.39 is 0 Å². The third-order valence-corrected chi connectivity index (χ3v) is 3.72. The maximum Gasteiger partial charge on any atom is 0.125 e. The van der Waals surface area contributed by atoms with Crippen LogP contribution in [0.3, 0.4) is 0 Å². The first-order chi connectivity index (χ1) is 9.51. The van der Waals surface area contributed by atoms with Crippen molar-refractivity contribution in [2.45, 2.75) is 26.3 Å². The Hall–Kier alpha value is -1.25. The zero-order valence-electron chi connectivity index (χ0n) is 11.3. The number of alkyl halides is 1. The summed E-state index contributed by atoms with van der Waals surface area (Å²) in [7, 11) is 0. The summed E-state index contributed by atoms with van der Waals surface area (Å²) in [5, 5.41) is 0.373. The van der Waals surface area contributed by atoms with Gasteiger partial charge in [-0.1, -0.05) is 29.8 Å². The van der Waals surface area contributed by atoms with E-state index in [2.05, 4.69) is 0 Å². The van der Waals surface area contributed by atoms with Gasteiger partial charge in [-0.2, -0.15) is 0 Å². The SMILES string of the molecule is Cc1cc(CCl)cc(C)c1OCc1ccc(F)cc1Cl. The Morgan fingerprint density at radius 3 is 2.30 bits per heavy atom. The van der Waals surface area contributed by atoms with Gasteiger partial charge in [0.25, 0.3) is 0 Å². The van der Waals surface area contributed by atoms with Gasteiger partial charge in [-0.05, 0) is 42.7 Å². The molecule has 2 aromatic carbocycles. The van der Waals surface area contributed by atoms with Crippen molar-refractivity contribution in [1.82, 2.24) is 0 Å². The van der Waals surface area contributed by atoms with Crippen molar-refractivity contribution >= 4 is 23.2 Å². The zero-order valence-corrected chi connectivity index (χ0v) is 12.9. The van der Waals surface area contributed by atoms with E-state index in [0.29, 0.717) is 17.5 Å². The van der Waals surface area contributed by atoms with Crippen molar-refractivity contribution in [3.63, 3.8) is 0 Å². The molecule has 4 heteroatoms. The van der Waals surface area contributed by atoms with Crippen molar-refractivity contribution < 1.29 is 9.13 Å². The van der Waals surface area contributed by atoms with Gasteiger partial charge in [0.05, 0.1) is 5.02 Å². The summed E-state index contributed by atoms with van der Waals surface area (Å²) in [5.74, 6) is 0.947. The van der Waals surface area contributed by atoms with Crippen molar-refractivity contribution in [3.8, 4) is 5.75 Å². The van der Waals surface area contributed by atoms with Crippen LogP contribution in [-0.2, 0) is 12.5 Å². The summed E-state index contributed by atoms with van der Waals surface area (Å²) < 4.78 is 18.8. The number of hydrogen-bond acceptors (Lipinski definition) is 1. The minimum Gasteiger partial charge on any atom is -0.488 e. The summed E-state index contributed by atoms with van der Waals surface area (Å²) in [6, 6.07) is 8.30. The van der Waals surface area contributed by atoms with Gasteiger partial charge in [-0.3, -0.25) is 0 Å². The number of ether oxygens (including phenoxy) is 1. The molecule has 2 aromatic rings. The van der Waals surface area contributed by atoms with E-state index in [1.54, 1.807) is 6.07 Å². The highest BCUT2D eigenvalue weighted by Crippen LogP contribution is 2.27. The molecule has 0 saturated carbocycles. The first-order valence-corrected chi connectivity index (χ1v) is 7.15. The molecule has 0 unspecified atom stereocenters. The maximum atomic E-state index is 13.0. The molecule has 0 atom stereocenters. The third-order valence-electron chi connectivity index (χ3n) is 3.06.